The summed E-state index contributed by atoms with van der Waals surface area (Å²) in [6.45, 7) is 3.95. The van der Waals surface area contributed by atoms with E-state index in [-0.39, 0.29) is 11.9 Å². The van der Waals surface area contributed by atoms with Crippen LogP contribution in [0.1, 0.15) is 30.4 Å². The highest BCUT2D eigenvalue weighted by Gasteiger charge is 2.42. The number of ether oxygens (including phenoxy) is 1. The molecule has 4 nitrogen and oxygen atoms in total. The summed E-state index contributed by atoms with van der Waals surface area (Å²) in [7, 11) is 0. The fraction of sp³-hybridized carbons (Fsp3) is 0.500. The number of hydrogen-bond donors (Lipinski definition) is 0. The average Bonchev–Trinajstić information content (AvgIpc) is 3.02. The molecule has 2 aliphatic rings. The van der Waals surface area contributed by atoms with Crippen LogP contribution in [0.5, 0.6) is 0 Å². The van der Waals surface area contributed by atoms with E-state index in [1.807, 2.05) is 24.5 Å². The van der Waals surface area contributed by atoms with Gasteiger partial charge in [-0.25, -0.2) is 14.4 Å². The first-order chi connectivity index (χ1) is 12.2. The summed E-state index contributed by atoms with van der Waals surface area (Å²) in [6, 6.07) is 6.86. The minimum Gasteiger partial charge on any atom is -0.377 e. The zero-order valence-corrected chi connectivity index (χ0v) is 14.4. The molecule has 1 aromatic heterocycles. The normalized spacial score (nSPS) is 23.2. The summed E-state index contributed by atoms with van der Waals surface area (Å²) in [6.07, 6.45) is 10.0. The van der Waals surface area contributed by atoms with Crippen LogP contribution in [-0.4, -0.2) is 40.7 Å². The maximum atomic E-state index is 13.0. The summed E-state index contributed by atoms with van der Waals surface area (Å²) < 4.78 is 19.1. The van der Waals surface area contributed by atoms with Crippen LogP contribution in [0.2, 0.25) is 0 Å². The Morgan fingerprint density at radius 3 is 2.52 bits per heavy atom. The summed E-state index contributed by atoms with van der Waals surface area (Å²) in [5.41, 5.74) is 2.67. The summed E-state index contributed by atoms with van der Waals surface area (Å²) in [5.74, 6) is -0.167. The summed E-state index contributed by atoms with van der Waals surface area (Å²) in [5, 5.41) is 0. The van der Waals surface area contributed by atoms with Crippen LogP contribution in [0.4, 0.5) is 4.39 Å². The molecule has 2 aliphatic heterocycles. The number of benzene rings is 1. The van der Waals surface area contributed by atoms with Crippen LogP contribution in [0.15, 0.2) is 43.0 Å². The smallest absolute Gasteiger partial charge is 0.123 e. The molecule has 0 saturated carbocycles. The Balaban J connectivity index is 1.29. The third-order valence-electron chi connectivity index (χ3n) is 5.60. The topological polar surface area (TPSA) is 38.2 Å². The van der Waals surface area contributed by atoms with Crippen molar-refractivity contribution in [1.82, 2.24) is 14.9 Å². The third kappa shape index (κ3) is 4.05. The van der Waals surface area contributed by atoms with Gasteiger partial charge < -0.3 is 4.74 Å². The number of aromatic nitrogens is 2. The summed E-state index contributed by atoms with van der Waals surface area (Å²) in [4.78, 5) is 10.6. The van der Waals surface area contributed by atoms with Gasteiger partial charge in [-0.15, -0.1) is 0 Å². The lowest BCUT2D eigenvalue weighted by Gasteiger charge is -2.38. The molecular formula is C20H24FN3O. The van der Waals surface area contributed by atoms with E-state index >= 15 is 0 Å². The Morgan fingerprint density at radius 2 is 1.80 bits per heavy atom. The van der Waals surface area contributed by atoms with Crippen molar-refractivity contribution >= 4 is 0 Å². The number of piperidine rings is 1. The molecule has 0 bridgehead atoms. The minimum atomic E-state index is -0.167. The average molecular weight is 341 g/mol. The largest absolute Gasteiger partial charge is 0.377 e. The van der Waals surface area contributed by atoms with Crippen molar-refractivity contribution in [2.24, 2.45) is 5.41 Å². The molecule has 5 heteroatoms. The lowest BCUT2D eigenvalue weighted by atomic mass is 9.76. The number of hydrogen-bond acceptors (Lipinski definition) is 4. The zero-order chi connectivity index (χ0) is 17.1. The van der Waals surface area contributed by atoms with Crippen LogP contribution >= 0.6 is 0 Å². The van der Waals surface area contributed by atoms with E-state index in [1.54, 1.807) is 18.5 Å². The molecule has 0 amide bonds. The molecule has 0 unspecified atom stereocenters. The van der Waals surface area contributed by atoms with Crippen molar-refractivity contribution in [3.63, 3.8) is 0 Å². The van der Waals surface area contributed by atoms with Crippen molar-refractivity contribution in [2.75, 3.05) is 19.7 Å². The maximum absolute atomic E-state index is 13.0. The van der Waals surface area contributed by atoms with Gasteiger partial charge in [0.1, 0.15) is 12.1 Å². The van der Waals surface area contributed by atoms with Crippen LogP contribution in [0, 0.1) is 11.2 Å². The molecule has 4 rings (SSSR count). The van der Waals surface area contributed by atoms with E-state index < -0.39 is 0 Å². The van der Waals surface area contributed by atoms with Crippen molar-refractivity contribution < 1.29 is 9.13 Å². The predicted molar refractivity (Wildman–Crippen MR) is 93.4 cm³/mol. The Kier molecular flexibility index (Phi) is 4.77. The number of halogens is 1. The number of nitrogens with zero attached hydrogens (tertiary/aromatic N) is 3. The van der Waals surface area contributed by atoms with Gasteiger partial charge in [0.2, 0.25) is 0 Å². The van der Waals surface area contributed by atoms with E-state index in [2.05, 4.69) is 14.9 Å². The molecule has 0 radical (unpaired) electrons. The van der Waals surface area contributed by atoms with Crippen molar-refractivity contribution in [3.8, 4) is 0 Å². The molecule has 25 heavy (non-hydrogen) atoms. The Morgan fingerprint density at radius 1 is 1.08 bits per heavy atom. The fourth-order valence-electron chi connectivity index (χ4n) is 4.11. The molecule has 2 fully saturated rings. The van der Waals surface area contributed by atoms with Crippen molar-refractivity contribution in [1.29, 1.82) is 0 Å². The SMILES string of the molecule is Fc1ccc(CN2CCC3(CC2)CO[C@@H](Cc2cncnc2)C3)cc1. The lowest BCUT2D eigenvalue weighted by Crippen LogP contribution is -2.40. The van der Waals surface area contributed by atoms with Gasteiger partial charge in [0, 0.05) is 25.4 Å². The highest BCUT2D eigenvalue weighted by Crippen LogP contribution is 2.42. The van der Waals surface area contributed by atoms with Crippen molar-refractivity contribution in [2.45, 2.75) is 38.3 Å². The molecular weight excluding hydrogens is 317 g/mol. The Bertz CT molecular complexity index is 684. The quantitative estimate of drug-likeness (QED) is 0.856. The van der Waals surface area contributed by atoms with Gasteiger partial charge in [0.15, 0.2) is 0 Å². The molecule has 132 valence electrons. The zero-order valence-electron chi connectivity index (χ0n) is 14.4. The van der Waals surface area contributed by atoms with Crippen LogP contribution in [0.3, 0.4) is 0 Å². The van der Waals surface area contributed by atoms with E-state index in [0.717, 1.165) is 44.6 Å². The molecule has 3 heterocycles. The third-order valence-corrected chi connectivity index (χ3v) is 5.60. The van der Waals surface area contributed by atoms with E-state index in [9.17, 15) is 4.39 Å². The molecule has 0 aliphatic carbocycles. The van der Waals surface area contributed by atoms with Crippen LogP contribution in [-0.2, 0) is 17.7 Å². The first kappa shape index (κ1) is 16.6. The molecule has 1 spiro atoms. The second-order valence-electron chi connectivity index (χ2n) is 7.49. The highest BCUT2D eigenvalue weighted by molar-refractivity contribution is 5.16. The molecule has 0 N–H and O–H groups in total. The second-order valence-corrected chi connectivity index (χ2v) is 7.49. The number of likely N-dealkylation sites (tertiary alicyclic amines) is 1. The van der Waals surface area contributed by atoms with E-state index in [1.165, 1.54) is 18.4 Å². The molecule has 2 aromatic rings. The summed E-state index contributed by atoms with van der Waals surface area (Å²) >= 11 is 0. The van der Waals surface area contributed by atoms with Gasteiger partial charge in [-0.3, -0.25) is 4.90 Å². The fourth-order valence-corrected chi connectivity index (χ4v) is 4.11. The number of rotatable bonds is 4. The van der Waals surface area contributed by atoms with Crippen LogP contribution in [0.25, 0.3) is 0 Å². The highest BCUT2D eigenvalue weighted by atomic mass is 19.1. The predicted octanol–water partition coefficient (Wildman–Crippen LogP) is 3.23. The van der Waals surface area contributed by atoms with Gasteiger partial charge >= 0.3 is 0 Å². The second kappa shape index (κ2) is 7.18. The Hall–Kier alpha value is -1.85. The monoisotopic (exact) mass is 341 g/mol. The first-order valence-corrected chi connectivity index (χ1v) is 9.03. The van der Waals surface area contributed by atoms with Crippen LogP contribution < -0.4 is 0 Å². The van der Waals surface area contributed by atoms with E-state index in [0.29, 0.717) is 5.41 Å². The lowest BCUT2D eigenvalue weighted by molar-refractivity contribution is 0.0631. The molecule has 1 atom stereocenters. The minimum absolute atomic E-state index is 0.167. The van der Waals surface area contributed by atoms with Gasteiger partial charge in [-0.05, 0) is 61.0 Å². The Labute approximate surface area is 148 Å². The van der Waals surface area contributed by atoms with Gasteiger partial charge in [-0.1, -0.05) is 12.1 Å². The molecule has 2 saturated heterocycles. The van der Waals surface area contributed by atoms with Gasteiger partial charge in [-0.2, -0.15) is 0 Å². The van der Waals surface area contributed by atoms with Crippen molar-refractivity contribution in [3.05, 3.63) is 59.9 Å². The van der Waals surface area contributed by atoms with Gasteiger partial charge in [0.25, 0.3) is 0 Å². The standard InChI is InChI=1S/C20H24FN3O/c21-18-3-1-16(2-4-18)13-24-7-5-20(6-8-24)10-19(25-14-20)9-17-11-22-15-23-12-17/h1-4,11-12,15,19H,5-10,13-14H2/t19-/m0/s1. The van der Waals surface area contributed by atoms with Gasteiger partial charge in [0.05, 0.1) is 12.7 Å². The van der Waals surface area contributed by atoms with E-state index in [4.69, 9.17) is 4.74 Å². The maximum Gasteiger partial charge on any atom is 0.123 e. The first-order valence-electron chi connectivity index (χ1n) is 9.03. The molecule has 1 aromatic carbocycles.